The van der Waals surface area contributed by atoms with Crippen molar-refractivity contribution < 1.29 is 23.4 Å². The molecule has 1 aliphatic rings. The molecule has 0 bridgehead atoms. The lowest BCUT2D eigenvalue weighted by Crippen LogP contribution is -2.28. The standard InChI is InChI=1S/C13H16O5S/c1-2-19(17,18)11-10(9-6-4-3-5-7-9)13(11,8-14)12(15)16/h3-7,10-11,14H,2,8H2,1H3,(H,15,16)/t10-,11+,13-/m1/s1. The number of sulfone groups is 1. The minimum absolute atomic E-state index is 0.129. The zero-order valence-electron chi connectivity index (χ0n) is 10.5. The molecule has 0 amide bonds. The maximum atomic E-state index is 12.0. The van der Waals surface area contributed by atoms with Crippen LogP contribution in [0.4, 0.5) is 0 Å². The van der Waals surface area contributed by atoms with Gasteiger partial charge in [0.2, 0.25) is 0 Å². The Morgan fingerprint density at radius 3 is 2.32 bits per heavy atom. The van der Waals surface area contributed by atoms with Gasteiger partial charge in [-0.3, -0.25) is 4.79 Å². The number of aliphatic hydroxyl groups excluding tert-OH is 1. The fourth-order valence-electron chi connectivity index (χ4n) is 2.76. The van der Waals surface area contributed by atoms with Gasteiger partial charge in [0.25, 0.3) is 0 Å². The highest BCUT2D eigenvalue weighted by Crippen LogP contribution is 2.63. The third kappa shape index (κ3) is 1.95. The SMILES string of the molecule is CCS(=O)(=O)[C@H]1[C@@H](c2ccccc2)[C@@]1(CO)C(=O)O. The molecule has 0 radical (unpaired) electrons. The molecule has 104 valence electrons. The highest BCUT2D eigenvalue weighted by molar-refractivity contribution is 7.92. The van der Waals surface area contributed by atoms with Crippen molar-refractivity contribution in [2.24, 2.45) is 5.41 Å². The summed E-state index contributed by atoms with van der Waals surface area (Å²) in [5.74, 6) is -2.07. The summed E-state index contributed by atoms with van der Waals surface area (Å²) >= 11 is 0. The van der Waals surface area contributed by atoms with Gasteiger partial charge in [0.1, 0.15) is 5.41 Å². The van der Waals surface area contributed by atoms with E-state index in [0.717, 1.165) is 0 Å². The van der Waals surface area contributed by atoms with Crippen LogP contribution in [-0.2, 0) is 14.6 Å². The van der Waals surface area contributed by atoms with Gasteiger partial charge in [-0.2, -0.15) is 0 Å². The quantitative estimate of drug-likeness (QED) is 0.828. The summed E-state index contributed by atoms with van der Waals surface area (Å²) < 4.78 is 24.1. The van der Waals surface area contributed by atoms with Crippen LogP contribution in [0.15, 0.2) is 30.3 Å². The molecular formula is C13H16O5S. The summed E-state index contributed by atoms with van der Waals surface area (Å²) in [5.41, 5.74) is -0.961. The number of rotatable bonds is 5. The molecule has 1 aromatic rings. The third-order valence-corrected chi connectivity index (χ3v) is 6.14. The minimum Gasteiger partial charge on any atom is -0.481 e. The molecule has 3 atom stereocenters. The van der Waals surface area contributed by atoms with Crippen LogP contribution in [0.3, 0.4) is 0 Å². The Labute approximate surface area is 111 Å². The van der Waals surface area contributed by atoms with Crippen molar-refractivity contribution in [3.05, 3.63) is 35.9 Å². The Morgan fingerprint density at radius 2 is 1.89 bits per heavy atom. The highest BCUT2D eigenvalue weighted by Gasteiger charge is 2.75. The molecule has 2 rings (SSSR count). The van der Waals surface area contributed by atoms with Gasteiger partial charge in [-0.05, 0) is 5.56 Å². The van der Waals surface area contributed by atoms with Gasteiger partial charge in [0.05, 0.1) is 11.9 Å². The fraction of sp³-hybridized carbons (Fsp3) is 0.462. The fourth-order valence-corrected chi connectivity index (χ4v) is 4.81. The van der Waals surface area contributed by atoms with Crippen molar-refractivity contribution in [3.63, 3.8) is 0 Å². The lowest BCUT2D eigenvalue weighted by atomic mass is 10.0. The number of carbonyl (C=O) groups is 1. The van der Waals surface area contributed by atoms with Crippen LogP contribution in [0, 0.1) is 5.41 Å². The van der Waals surface area contributed by atoms with Gasteiger partial charge >= 0.3 is 5.97 Å². The van der Waals surface area contributed by atoms with Crippen LogP contribution in [0.5, 0.6) is 0 Å². The first-order valence-corrected chi connectivity index (χ1v) is 7.74. The smallest absolute Gasteiger partial charge is 0.314 e. The topological polar surface area (TPSA) is 91.7 Å². The summed E-state index contributed by atoms with van der Waals surface area (Å²) in [6, 6.07) is 8.63. The molecule has 0 heterocycles. The highest BCUT2D eigenvalue weighted by atomic mass is 32.2. The van der Waals surface area contributed by atoms with Gasteiger partial charge < -0.3 is 10.2 Å². The van der Waals surface area contributed by atoms with Gasteiger partial charge in [-0.25, -0.2) is 8.42 Å². The van der Waals surface area contributed by atoms with E-state index >= 15 is 0 Å². The van der Waals surface area contributed by atoms with Crippen LogP contribution in [0.25, 0.3) is 0 Å². The third-order valence-electron chi connectivity index (χ3n) is 3.86. The zero-order chi connectivity index (χ0) is 14.3. The molecule has 0 aliphatic heterocycles. The molecule has 6 heteroatoms. The predicted octanol–water partition coefficient (Wildman–Crippen LogP) is 0.650. The zero-order valence-corrected chi connectivity index (χ0v) is 11.3. The van der Waals surface area contributed by atoms with E-state index in [1.165, 1.54) is 6.92 Å². The van der Waals surface area contributed by atoms with Crippen LogP contribution >= 0.6 is 0 Å². The first-order chi connectivity index (χ1) is 8.91. The number of aliphatic hydroxyl groups is 1. The van der Waals surface area contributed by atoms with Crippen molar-refractivity contribution in [2.75, 3.05) is 12.4 Å². The van der Waals surface area contributed by atoms with E-state index in [1.54, 1.807) is 30.3 Å². The largest absolute Gasteiger partial charge is 0.481 e. The molecule has 1 fully saturated rings. The average molecular weight is 284 g/mol. The number of hydrogen-bond donors (Lipinski definition) is 2. The maximum absolute atomic E-state index is 12.0. The molecule has 1 saturated carbocycles. The van der Waals surface area contributed by atoms with Crippen molar-refractivity contribution in [2.45, 2.75) is 18.1 Å². The minimum atomic E-state index is -3.53. The summed E-state index contributed by atoms with van der Waals surface area (Å²) in [6.45, 7) is 0.811. The Bertz CT molecular complexity index is 580. The molecule has 0 aromatic heterocycles. The molecule has 1 aliphatic carbocycles. The second-order valence-corrected chi connectivity index (χ2v) is 7.18. The number of benzene rings is 1. The molecule has 0 spiro atoms. The van der Waals surface area contributed by atoms with E-state index in [4.69, 9.17) is 0 Å². The molecular weight excluding hydrogens is 268 g/mol. The van der Waals surface area contributed by atoms with E-state index < -0.39 is 39.0 Å². The Balaban J connectivity index is 2.51. The molecule has 1 aromatic carbocycles. The first kappa shape index (κ1) is 14.0. The number of carboxylic acids is 1. The van der Waals surface area contributed by atoms with E-state index in [9.17, 15) is 23.4 Å². The monoisotopic (exact) mass is 284 g/mol. The van der Waals surface area contributed by atoms with Gasteiger partial charge in [0, 0.05) is 11.7 Å². The van der Waals surface area contributed by atoms with Crippen molar-refractivity contribution >= 4 is 15.8 Å². The van der Waals surface area contributed by atoms with Crippen molar-refractivity contribution in [1.82, 2.24) is 0 Å². The van der Waals surface area contributed by atoms with Gasteiger partial charge in [-0.15, -0.1) is 0 Å². The number of aliphatic carboxylic acids is 1. The van der Waals surface area contributed by atoms with Crippen LogP contribution < -0.4 is 0 Å². The Kier molecular flexibility index (Phi) is 3.40. The van der Waals surface area contributed by atoms with Crippen LogP contribution in [0.1, 0.15) is 18.4 Å². The molecule has 5 nitrogen and oxygen atoms in total. The maximum Gasteiger partial charge on any atom is 0.314 e. The molecule has 2 N–H and O–H groups in total. The molecule has 0 saturated heterocycles. The number of carboxylic acid groups (broad SMARTS) is 1. The van der Waals surface area contributed by atoms with Gasteiger partial charge in [-0.1, -0.05) is 37.3 Å². The lowest BCUT2D eigenvalue weighted by Gasteiger charge is -2.08. The normalized spacial score (nSPS) is 30.0. The van der Waals surface area contributed by atoms with Crippen LogP contribution in [0.2, 0.25) is 0 Å². The lowest BCUT2D eigenvalue weighted by molar-refractivity contribution is -0.145. The Hall–Kier alpha value is -1.40. The summed E-state index contributed by atoms with van der Waals surface area (Å²) in [6.07, 6.45) is 0. The van der Waals surface area contributed by atoms with E-state index in [2.05, 4.69) is 0 Å². The summed E-state index contributed by atoms with van der Waals surface area (Å²) in [4.78, 5) is 11.4. The number of hydrogen-bond acceptors (Lipinski definition) is 4. The Morgan fingerprint density at radius 1 is 1.32 bits per heavy atom. The van der Waals surface area contributed by atoms with E-state index in [-0.39, 0.29) is 5.75 Å². The molecule has 19 heavy (non-hydrogen) atoms. The van der Waals surface area contributed by atoms with E-state index in [0.29, 0.717) is 5.56 Å². The van der Waals surface area contributed by atoms with E-state index in [1.807, 2.05) is 0 Å². The average Bonchev–Trinajstić information content (AvgIpc) is 3.11. The second kappa shape index (κ2) is 4.61. The summed E-state index contributed by atoms with van der Waals surface area (Å²) in [5, 5.41) is 17.7. The second-order valence-electron chi connectivity index (χ2n) is 4.76. The van der Waals surface area contributed by atoms with Crippen molar-refractivity contribution in [3.8, 4) is 0 Å². The van der Waals surface area contributed by atoms with Crippen molar-refractivity contribution in [1.29, 1.82) is 0 Å². The first-order valence-electron chi connectivity index (χ1n) is 6.02. The van der Waals surface area contributed by atoms with Gasteiger partial charge in [0.15, 0.2) is 9.84 Å². The summed E-state index contributed by atoms with van der Waals surface area (Å²) in [7, 11) is -3.53. The predicted molar refractivity (Wildman–Crippen MR) is 69.6 cm³/mol. The van der Waals surface area contributed by atoms with Crippen LogP contribution in [-0.4, -0.2) is 42.2 Å². The molecule has 0 unspecified atom stereocenters.